The molecule has 0 bridgehead atoms. The molecule has 3 fully saturated rings. The number of carbonyl (C=O) groups excluding carboxylic acids is 1. The van der Waals surface area contributed by atoms with Crippen molar-refractivity contribution in [2.24, 2.45) is 11.8 Å². The number of fused-ring (bicyclic) bond motifs is 1. The molecule has 7 heteroatoms. The summed E-state index contributed by atoms with van der Waals surface area (Å²) < 4.78 is 27.0. The van der Waals surface area contributed by atoms with Crippen molar-refractivity contribution in [2.45, 2.75) is 73.5 Å². The van der Waals surface area contributed by atoms with E-state index in [-0.39, 0.29) is 16.7 Å². The van der Waals surface area contributed by atoms with Crippen molar-refractivity contribution in [3.8, 4) is 5.69 Å². The van der Waals surface area contributed by atoms with Crippen LogP contribution < -0.4 is 5.32 Å². The zero-order chi connectivity index (χ0) is 27.3. The third-order valence-electron chi connectivity index (χ3n) is 10.1. The second-order valence-corrected chi connectivity index (χ2v) is 14.5. The van der Waals surface area contributed by atoms with Crippen LogP contribution >= 0.6 is 0 Å². The number of hydrogen-bond acceptors (Lipinski definition) is 4. The van der Waals surface area contributed by atoms with Crippen LogP contribution in [-0.2, 0) is 21.8 Å². The van der Waals surface area contributed by atoms with Crippen LogP contribution in [0.25, 0.3) is 5.69 Å². The van der Waals surface area contributed by atoms with E-state index in [1.165, 1.54) is 36.8 Å². The Labute approximate surface area is 237 Å². The predicted molar refractivity (Wildman–Crippen MR) is 156 cm³/mol. The Kier molecular flexibility index (Phi) is 6.62. The van der Waals surface area contributed by atoms with E-state index in [0.717, 1.165) is 57.4 Å². The van der Waals surface area contributed by atoms with Crippen LogP contribution in [0.4, 0.5) is 0 Å². The first kappa shape index (κ1) is 26.0. The molecule has 3 heterocycles. The molecule has 3 aromatic rings. The Morgan fingerprint density at radius 3 is 2.27 bits per heavy atom. The molecule has 4 aliphatic rings. The number of piperidine rings is 1. The lowest BCUT2D eigenvalue weighted by Gasteiger charge is -2.52. The minimum absolute atomic E-state index is 0.0307. The zero-order valence-electron chi connectivity index (χ0n) is 23.1. The number of sulfone groups is 1. The minimum Gasteiger partial charge on any atom is -0.339 e. The van der Waals surface area contributed by atoms with E-state index in [9.17, 15) is 13.2 Å². The van der Waals surface area contributed by atoms with E-state index in [1.54, 1.807) is 12.1 Å². The first-order valence-corrected chi connectivity index (χ1v) is 16.7. The Hall–Kier alpha value is -2.90. The monoisotopic (exact) mass is 557 g/mol. The first-order valence-electron chi connectivity index (χ1n) is 15.1. The molecule has 1 saturated heterocycles. The standard InChI is InChI=1S/C33H39N3O3S/c37-32(25-16-20-36(23-25)28-9-11-29(12-10-28)40(38,39)30-13-14-30)35-21-17-27(18-22-35)33(26-6-2-3-7-26)31-8-4-1-5-24(31)15-19-34-33/h1,4-5,8-12,16,20,23,26-27,30,34H,2-3,6-7,13-15,17-19,21-22H2. The molecule has 0 radical (unpaired) electrons. The van der Waals surface area contributed by atoms with Gasteiger partial charge in [0.1, 0.15) is 0 Å². The molecule has 2 saturated carbocycles. The number of nitrogens with one attached hydrogen (secondary N) is 1. The normalized spacial score (nSPS) is 24.2. The van der Waals surface area contributed by atoms with E-state index in [2.05, 4.69) is 29.6 Å². The highest BCUT2D eigenvalue weighted by atomic mass is 32.2. The average Bonchev–Trinajstić information content (AvgIpc) is 3.50. The van der Waals surface area contributed by atoms with Gasteiger partial charge in [-0.1, -0.05) is 37.1 Å². The Morgan fingerprint density at radius 2 is 1.55 bits per heavy atom. The molecule has 6 nitrogen and oxygen atoms in total. The van der Waals surface area contributed by atoms with Crippen molar-refractivity contribution >= 4 is 15.7 Å². The van der Waals surface area contributed by atoms with Gasteiger partial charge in [-0.25, -0.2) is 8.42 Å². The second-order valence-electron chi connectivity index (χ2n) is 12.3. The van der Waals surface area contributed by atoms with Crippen LogP contribution in [0.3, 0.4) is 0 Å². The van der Waals surface area contributed by atoms with Gasteiger partial charge in [0.2, 0.25) is 0 Å². The number of aromatic nitrogens is 1. The highest BCUT2D eigenvalue weighted by Crippen LogP contribution is 2.50. The van der Waals surface area contributed by atoms with Gasteiger partial charge in [0.25, 0.3) is 5.91 Å². The lowest BCUT2D eigenvalue weighted by atomic mass is 9.63. The minimum atomic E-state index is -3.20. The molecule has 40 heavy (non-hydrogen) atoms. The summed E-state index contributed by atoms with van der Waals surface area (Å²) >= 11 is 0. The number of rotatable bonds is 6. The fraction of sp³-hybridized carbons (Fsp3) is 0.485. The first-order chi connectivity index (χ1) is 19.5. The van der Waals surface area contributed by atoms with E-state index < -0.39 is 9.84 Å². The Morgan fingerprint density at radius 1 is 0.850 bits per heavy atom. The number of nitrogens with zero attached hydrogens (tertiary/aromatic N) is 2. The summed E-state index contributed by atoms with van der Waals surface area (Å²) in [6, 6.07) is 18.0. The van der Waals surface area contributed by atoms with Crippen LogP contribution in [0, 0.1) is 11.8 Å². The molecule has 1 amide bonds. The third-order valence-corrected chi connectivity index (χ3v) is 12.3. The molecule has 210 valence electrons. The SMILES string of the molecule is O=C(c1ccn(-c2ccc(S(=O)(=O)C3CC3)cc2)c1)N1CCC(C2(C3CCCC3)NCCc3ccccc32)CC1. The Balaban J connectivity index is 1.06. The fourth-order valence-corrected chi connectivity index (χ4v) is 9.52. The Bertz CT molecular complexity index is 1490. The predicted octanol–water partition coefficient (Wildman–Crippen LogP) is 5.50. The maximum atomic E-state index is 13.5. The lowest BCUT2D eigenvalue weighted by Crippen LogP contribution is -2.59. The van der Waals surface area contributed by atoms with E-state index >= 15 is 0 Å². The number of hydrogen-bond donors (Lipinski definition) is 1. The topological polar surface area (TPSA) is 71.4 Å². The molecule has 0 spiro atoms. The molecular weight excluding hydrogens is 518 g/mol. The van der Waals surface area contributed by atoms with Gasteiger partial charge in [-0.3, -0.25) is 4.79 Å². The summed E-state index contributed by atoms with van der Waals surface area (Å²) in [7, 11) is -3.20. The molecule has 1 atom stereocenters. The van der Waals surface area contributed by atoms with E-state index in [0.29, 0.717) is 22.3 Å². The van der Waals surface area contributed by atoms with Crippen LogP contribution in [0.1, 0.15) is 72.9 Å². The van der Waals surface area contributed by atoms with Gasteiger partial charge in [0.05, 0.1) is 15.7 Å². The lowest BCUT2D eigenvalue weighted by molar-refractivity contribution is 0.0442. The van der Waals surface area contributed by atoms with Gasteiger partial charge in [0.15, 0.2) is 9.84 Å². The summed E-state index contributed by atoms with van der Waals surface area (Å²) in [6.07, 6.45) is 13.6. The van der Waals surface area contributed by atoms with Crippen molar-refractivity contribution in [1.29, 1.82) is 0 Å². The zero-order valence-corrected chi connectivity index (χ0v) is 23.9. The summed E-state index contributed by atoms with van der Waals surface area (Å²) in [4.78, 5) is 16.0. The van der Waals surface area contributed by atoms with Crippen LogP contribution in [0.2, 0.25) is 0 Å². The molecule has 1 N–H and O–H groups in total. The highest BCUT2D eigenvalue weighted by Gasteiger charge is 2.50. The van der Waals surface area contributed by atoms with Crippen LogP contribution in [-0.4, -0.2) is 48.7 Å². The summed E-state index contributed by atoms with van der Waals surface area (Å²) in [5, 5.41) is 3.86. The molecule has 7 rings (SSSR count). The number of amides is 1. The maximum absolute atomic E-state index is 13.5. The van der Waals surface area contributed by atoms with Crippen molar-refractivity contribution in [3.63, 3.8) is 0 Å². The molecule has 2 aromatic carbocycles. The van der Waals surface area contributed by atoms with Crippen LogP contribution in [0.5, 0.6) is 0 Å². The van der Waals surface area contributed by atoms with Gasteiger partial charge in [0, 0.05) is 43.3 Å². The molecule has 2 aliphatic carbocycles. The summed E-state index contributed by atoms with van der Waals surface area (Å²) in [6.45, 7) is 2.59. The quantitative estimate of drug-likeness (QED) is 0.435. The van der Waals surface area contributed by atoms with Gasteiger partial charge in [-0.05, 0) is 98.2 Å². The fourth-order valence-electron chi connectivity index (χ4n) is 7.87. The summed E-state index contributed by atoms with van der Waals surface area (Å²) in [5.41, 5.74) is 4.59. The number of carbonyl (C=O) groups is 1. The third kappa shape index (κ3) is 4.42. The second kappa shape index (κ2) is 10.2. The molecule has 1 unspecified atom stereocenters. The van der Waals surface area contributed by atoms with Crippen molar-refractivity contribution in [3.05, 3.63) is 83.7 Å². The van der Waals surface area contributed by atoms with E-state index in [4.69, 9.17) is 0 Å². The smallest absolute Gasteiger partial charge is 0.255 e. The van der Waals surface area contributed by atoms with Crippen molar-refractivity contribution in [2.75, 3.05) is 19.6 Å². The van der Waals surface area contributed by atoms with Crippen LogP contribution in [0.15, 0.2) is 71.9 Å². The van der Waals surface area contributed by atoms with Gasteiger partial charge < -0.3 is 14.8 Å². The maximum Gasteiger partial charge on any atom is 0.255 e. The molecule has 1 aromatic heterocycles. The number of likely N-dealkylation sites (tertiary alicyclic amines) is 1. The van der Waals surface area contributed by atoms with Gasteiger partial charge >= 0.3 is 0 Å². The van der Waals surface area contributed by atoms with Gasteiger partial charge in [-0.2, -0.15) is 0 Å². The molecule has 2 aliphatic heterocycles. The largest absolute Gasteiger partial charge is 0.339 e. The van der Waals surface area contributed by atoms with Gasteiger partial charge in [-0.15, -0.1) is 0 Å². The van der Waals surface area contributed by atoms with E-state index in [1.807, 2.05) is 40.1 Å². The molecular formula is C33H39N3O3S. The highest BCUT2D eigenvalue weighted by molar-refractivity contribution is 7.92. The van der Waals surface area contributed by atoms with Crippen molar-refractivity contribution in [1.82, 2.24) is 14.8 Å². The number of benzene rings is 2. The van der Waals surface area contributed by atoms with Crippen molar-refractivity contribution < 1.29 is 13.2 Å². The summed E-state index contributed by atoms with van der Waals surface area (Å²) in [5.74, 6) is 1.27. The average molecular weight is 558 g/mol.